The molecule has 0 aliphatic carbocycles. The van der Waals surface area contributed by atoms with Gasteiger partial charge in [-0.05, 0) is 62.8 Å². The zero-order valence-electron chi connectivity index (χ0n) is 14.3. The van der Waals surface area contributed by atoms with Crippen LogP contribution in [-0.2, 0) is 11.2 Å². The highest BCUT2D eigenvalue weighted by Crippen LogP contribution is 2.26. The maximum absolute atomic E-state index is 12.6. The molecule has 1 amide bonds. The summed E-state index contributed by atoms with van der Waals surface area (Å²) >= 11 is 0. The molecule has 2 unspecified atom stereocenters. The van der Waals surface area contributed by atoms with Gasteiger partial charge in [-0.3, -0.25) is 4.79 Å². The normalized spacial score (nSPS) is 25.6. The Hall–Kier alpha value is -1.55. The summed E-state index contributed by atoms with van der Waals surface area (Å²) in [6.07, 6.45) is 4.29. The van der Waals surface area contributed by atoms with Crippen LogP contribution in [0.3, 0.4) is 0 Å². The van der Waals surface area contributed by atoms with E-state index in [1.54, 1.807) is 7.11 Å². The Labute approximate surface area is 139 Å². The van der Waals surface area contributed by atoms with Crippen molar-refractivity contribution >= 4 is 5.91 Å². The van der Waals surface area contributed by atoms with Gasteiger partial charge in [-0.1, -0.05) is 12.1 Å². The predicted octanol–water partition coefficient (Wildman–Crippen LogP) is 2.47. The van der Waals surface area contributed by atoms with Crippen LogP contribution in [-0.4, -0.2) is 43.6 Å². The number of carbonyl (C=O) groups excluding carboxylic acids is 1. The highest BCUT2D eigenvalue weighted by atomic mass is 16.5. The number of piperidine rings is 1. The number of rotatable bonds is 4. The highest BCUT2D eigenvalue weighted by molar-refractivity contribution is 5.80. The zero-order chi connectivity index (χ0) is 16.2. The van der Waals surface area contributed by atoms with E-state index in [9.17, 15) is 4.79 Å². The fraction of sp³-hybridized carbons (Fsp3) is 0.632. The molecule has 0 spiro atoms. The van der Waals surface area contributed by atoms with Gasteiger partial charge in [0.05, 0.1) is 13.0 Å². The molecule has 2 saturated heterocycles. The number of ether oxygens (including phenoxy) is 1. The first kappa shape index (κ1) is 16.3. The van der Waals surface area contributed by atoms with Crippen molar-refractivity contribution in [3.05, 3.63) is 29.8 Å². The molecule has 0 saturated carbocycles. The van der Waals surface area contributed by atoms with Crippen LogP contribution in [0.1, 0.15) is 31.7 Å². The van der Waals surface area contributed by atoms with Crippen LogP contribution in [0.15, 0.2) is 24.3 Å². The molecule has 0 aromatic heterocycles. The number of nitrogens with zero attached hydrogens (tertiary/aromatic N) is 1. The molecule has 2 aliphatic heterocycles. The SMILES string of the molecule is COc1cccc(CC2CCN(C(=O)C3CCNC3C)CC2)c1. The number of benzene rings is 1. The van der Waals surface area contributed by atoms with Crippen LogP contribution in [0.5, 0.6) is 5.75 Å². The van der Waals surface area contributed by atoms with Gasteiger partial charge in [0.15, 0.2) is 0 Å². The number of hydrogen-bond donors (Lipinski definition) is 1. The second-order valence-corrected chi connectivity index (χ2v) is 6.96. The molecule has 2 aliphatic rings. The first-order valence-electron chi connectivity index (χ1n) is 8.82. The lowest BCUT2D eigenvalue weighted by atomic mass is 9.89. The highest BCUT2D eigenvalue weighted by Gasteiger charge is 2.34. The van der Waals surface area contributed by atoms with Gasteiger partial charge in [-0.15, -0.1) is 0 Å². The third kappa shape index (κ3) is 3.86. The van der Waals surface area contributed by atoms with Gasteiger partial charge in [0.2, 0.25) is 5.91 Å². The number of carbonyl (C=O) groups is 1. The lowest BCUT2D eigenvalue weighted by molar-refractivity contribution is -0.137. The molecule has 2 atom stereocenters. The van der Waals surface area contributed by atoms with E-state index in [2.05, 4.69) is 35.3 Å². The Morgan fingerprint density at radius 3 is 2.74 bits per heavy atom. The summed E-state index contributed by atoms with van der Waals surface area (Å²) in [6.45, 7) is 4.93. The van der Waals surface area contributed by atoms with Crippen molar-refractivity contribution in [3.8, 4) is 5.75 Å². The van der Waals surface area contributed by atoms with Crippen molar-refractivity contribution < 1.29 is 9.53 Å². The van der Waals surface area contributed by atoms with Crippen molar-refractivity contribution in [2.24, 2.45) is 11.8 Å². The molecule has 4 nitrogen and oxygen atoms in total. The van der Waals surface area contributed by atoms with Gasteiger partial charge in [0, 0.05) is 19.1 Å². The van der Waals surface area contributed by atoms with Crippen LogP contribution in [0.25, 0.3) is 0 Å². The van der Waals surface area contributed by atoms with Gasteiger partial charge < -0.3 is 15.0 Å². The van der Waals surface area contributed by atoms with Crippen molar-refractivity contribution in [1.29, 1.82) is 0 Å². The molecule has 1 N–H and O–H groups in total. The van der Waals surface area contributed by atoms with Crippen LogP contribution in [0.4, 0.5) is 0 Å². The van der Waals surface area contributed by atoms with E-state index < -0.39 is 0 Å². The maximum atomic E-state index is 12.6. The smallest absolute Gasteiger partial charge is 0.227 e. The largest absolute Gasteiger partial charge is 0.497 e. The molecular weight excluding hydrogens is 288 g/mol. The van der Waals surface area contributed by atoms with Crippen LogP contribution in [0.2, 0.25) is 0 Å². The molecule has 3 rings (SSSR count). The summed E-state index contributed by atoms with van der Waals surface area (Å²) < 4.78 is 5.30. The van der Waals surface area contributed by atoms with Gasteiger partial charge in [0.1, 0.15) is 5.75 Å². The minimum absolute atomic E-state index is 0.185. The van der Waals surface area contributed by atoms with Crippen molar-refractivity contribution in [3.63, 3.8) is 0 Å². The number of amides is 1. The van der Waals surface area contributed by atoms with E-state index in [-0.39, 0.29) is 5.92 Å². The quantitative estimate of drug-likeness (QED) is 0.928. The van der Waals surface area contributed by atoms with Gasteiger partial charge in [0.25, 0.3) is 0 Å². The minimum atomic E-state index is 0.185. The third-order valence-corrected chi connectivity index (χ3v) is 5.43. The van der Waals surface area contributed by atoms with Crippen molar-refractivity contribution in [2.45, 2.75) is 38.6 Å². The molecule has 2 heterocycles. The van der Waals surface area contributed by atoms with Crippen LogP contribution >= 0.6 is 0 Å². The summed E-state index contributed by atoms with van der Waals surface area (Å²) in [4.78, 5) is 14.7. The molecular formula is C19H28N2O2. The first-order valence-corrected chi connectivity index (χ1v) is 8.82. The first-order chi connectivity index (χ1) is 11.2. The third-order valence-electron chi connectivity index (χ3n) is 5.43. The van der Waals surface area contributed by atoms with E-state index in [4.69, 9.17) is 4.74 Å². The van der Waals surface area contributed by atoms with Crippen molar-refractivity contribution in [2.75, 3.05) is 26.7 Å². The summed E-state index contributed by atoms with van der Waals surface area (Å²) in [6, 6.07) is 8.68. The van der Waals surface area contributed by atoms with Gasteiger partial charge in [-0.2, -0.15) is 0 Å². The summed E-state index contributed by atoms with van der Waals surface area (Å²) in [7, 11) is 1.71. The number of likely N-dealkylation sites (tertiary alicyclic amines) is 1. The molecule has 2 fully saturated rings. The lowest BCUT2D eigenvalue weighted by Gasteiger charge is -2.34. The number of methoxy groups -OCH3 is 1. The number of nitrogens with one attached hydrogen (secondary N) is 1. The van der Waals surface area contributed by atoms with Crippen molar-refractivity contribution in [1.82, 2.24) is 10.2 Å². The minimum Gasteiger partial charge on any atom is -0.497 e. The second-order valence-electron chi connectivity index (χ2n) is 6.96. The Morgan fingerprint density at radius 1 is 1.30 bits per heavy atom. The monoisotopic (exact) mass is 316 g/mol. The molecule has 1 aromatic rings. The molecule has 23 heavy (non-hydrogen) atoms. The van der Waals surface area contributed by atoms with E-state index in [1.807, 2.05) is 6.07 Å². The average Bonchev–Trinajstić information content (AvgIpc) is 3.01. The summed E-state index contributed by atoms with van der Waals surface area (Å²) in [5.41, 5.74) is 1.34. The van der Waals surface area contributed by atoms with Gasteiger partial charge in [-0.25, -0.2) is 0 Å². The lowest BCUT2D eigenvalue weighted by Crippen LogP contribution is -2.44. The average molecular weight is 316 g/mol. The summed E-state index contributed by atoms with van der Waals surface area (Å²) in [5.74, 6) is 2.15. The standard InChI is InChI=1S/C19H28N2O2/c1-14-18(6-9-20-14)19(22)21-10-7-15(8-11-21)12-16-4-3-5-17(13-16)23-2/h3-5,13-15,18,20H,6-12H2,1-2H3. The maximum Gasteiger partial charge on any atom is 0.227 e. The van der Waals surface area contributed by atoms with Crippen LogP contribution in [0, 0.1) is 11.8 Å². The van der Waals surface area contributed by atoms with E-state index in [0.717, 1.165) is 51.1 Å². The number of hydrogen-bond acceptors (Lipinski definition) is 3. The summed E-state index contributed by atoms with van der Waals surface area (Å²) in [5, 5.41) is 3.38. The Bertz CT molecular complexity index is 538. The molecule has 1 aromatic carbocycles. The Morgan fingerprint density at radius 2 is 2.09 bits per heavy atom. The topological polar surface area (TPSA) is 41.6 Å². The van der Waals surface area contributed by atoms with E-state index >= 15 is 0 Å². The second kappa shape index (κ2) is 7.35. The fourth-order valence-electron chi connectivity index (χ4n) is 3.92. The Balaban J connectivity index is 1.51. The van der Waals surface area contributed by atoms with E-state index in [0.29, 0.717) is 17.9 Å². The van der Waals surface area contributed by atoms with Crippen LogP contribution < -0.4 is 10.1 Å². The van der Waals surface area contributed by atoms with Gasteiger partial charge >= 0.3 is 0 Å². The fourth-order valence-corrected chi connectivity index (χ4v) is 3.92. The van der Waals surface area contributed by atoms with E-state index in [1.165, 1.54) is 5.56 Å². The predicted molar refractivity (Wildman–Crippen MR) is 91.6 cm³/mol. The Kier molecular flexibility index (Phi) is 5.21. The molecule has 126 valence electrons. The molecule has 4 heteroatoms. The zero-order valence-corrected chi connectivity index (χ0v) is 14.3. The molecule has 0 bridgehead atoms. The molecule has 0 radical (unpaired) electrons.